The molecule has 0 aliphatic heterocycles. The average Bonchev–Trinajstić information content (AvgIpc) is 2.45. The zero-order chi connectivity index (χ0) is 15.0. The second kappa shape index (κ2) is 9.37. The number of anilines is 1. The summed E-state index contributed by atoms with van der Waals surface area (Å²) in [7, 11) is 1.75. The van der Waals surface area contributed by atoms with Crippen LogP contribution >= 0.6 is 15.9 Å². The molecule has 1 rings (SSSR count). The Morgan fingerprint density at radius 2 is 2.00 bits per heavy atom. The second-order valence-electron chi connectivity index (χ2n) is 4.98. The fourth-order valence-electron chi connectivity index (χ4n) is 2.52. The Labute approximate surface area is 131 Å². The molecule has 0 atom stereocenters. The van der Waals surface area contributed by atoms with Gasteiger partial charge in [0, 0.05) is 24.2 Å². The quantitative estimate of drug-likeness (QED) is 0.745. The highest BCUT2D eigenvalue weighted by molar-refractivity contribution is 9.10. The van der Waals surface area contributed by atoms with Crippen LogP contribution in [0.5, 0.6) is 0 Å². The fourth-order valence-corrected chi connectivity index (χ4v) is 3.18. The zero-order valence-corrected chi connectivity index (χ0v) is 14.4. The van der Waals surface area contributed by atoms with Crippen molar-refractivity contribution in [2.24, 2.45) is 5.73 Å². The second-order valence-corrected chi connectivity index (χ2v) is 5.84. The van der Waals surface area contributed by atoms with Crippen molar-refractivity contribution in [1.29, 1.82) is 0 Å². The maximum atomic E-state index is 5.62. The Bertz CT molecular complexity index is 394. The Morgan fingerprint density at radius 1 is 1.30 bits per heavy atom. The van der Waals surface area contributed by atoms with Gasteiger partial charge in [-0.25, -0.2) is 0 Å². The lowest BCUT2D eigenvalue weighted by Crippen LogP contribution is -2.37. The summed E-state index contributed by atoms with van der Waals surface area (Å²) >= 11 is 3.71. The summed E-state index contributed by atoms with van der Waals surface area (Å²) in [5.41, 5.74) is 8.15. The minimum absolute atomic E-state index is 0.543. The van der Waals surface area contributed by atoms with Crippen molar-refractivity contribution in [2.75, 3.05) is 31.7 Å². The Morgan fingerprint density at radius 3 is 2.50 bits per heavy atom. The summed E-state index contributed by atoms with van der Waals surface area (Å²) in [5, 5.41) is 0. The highest BCUT2D eigenvalue weighted by atomic mass is 79.9. The number of methoxy groups -OCH3 is 1. The molecule has 0 aromatic heterocycles. The molecule has 20 heavy (non-hydrogen) atoms. The van der Waals surface area contributed by atoms with Crippen LogP contribution in [-0.4, -0.2) is 32.8 Å². The van der Waals surface area contributed by atoms with E-state index in [9.17, 15) is 0 Å². The van der Waals surface area contributed by atoms with Gasteiger partial charge in [0.15, 0.2) is 0 Å². The third kappa shape index (κ3) is 4.76. The molecule has 0 saturated carbocycles. The minimum atomic E-state index is 0.543. The Hall–Kier alpha value is -0.580. The Kier molecular flexibility index (Phi) is 8.19. The van der Waals surface area contributed by atoms with Crippen molar-refractivity contribution in [1.82, 2.24) is 0 Å². The van der Waals surface area contributed by atoms with Gasteiger partial charge in [-0.3, -0.25) is 0 Å². The number of benzene rings is 1. The lowest BCUT2D eigenvalue weighted by Gasteiger charge is -2.33. The molecular weight excluding hydrogens is 316 g/mol. The molecule has 1 aromatic carbocycles. The fraction of sp³-hybridized carbons (Fsp3) is 0.625. The van der Waals surface area contributed by atoms with Gasteiger partial charge in [-0.1, -0.05) is 19.9 Å². The Balaban J connectivity index is 2.99. The molecule has 3 nitrogen and oxygen atoms in total. The van der Waals surface area contributed by atoms with Gasteiger partial charge < -0.3 is 15.4 Å². The topological polar surface area (TPSA) is 38.5 Å². The first-order valence-electron chi connectivity index (χ1n) is 7.41. The molecule has 0 unspecified atom stereocenters. The molecule has 1 aromatic rings. The number of rotatable bonds is 9. The number of hydrogen-bond acceptors (Lipinski definition) is 3. The first kappa shape index (κ1) is 17.5. The number of nitrogens with zero attached hydrogens (tertiary/aromatic N) is 1. The summed E-state index contributed by atoms with van der Waals surface area (Å²) in [4.78, 5) is 2.44. The van der Waals surface area contributed by atoms with E-state index in [2.05, 4.69) is 52.9 Å². The summed E-state index contributed by atoms with van der Waals surface area (Å²) in [5.74, 6) is 0. The molecule has 0 bridgehead atoms. The maximum absolute atomic E-state index is 5.62. The van der Waals surface area contributed by atoms with Crippen molar-refractivity contribution in [3.05, 3.63) is 28.2 Å². The van der Waals surface area contributed by atoms with Crippen LogP contribution in [0.25, 0.3) is 0 Å². The molecule has 0 aliphatic carbocycles. The van der Waals surface area contributed by atoms with Gasteiger partial charge in [-0.2, -0.15) is 0 Å². The molecule has 2 N–H and O–H groups in total. The van der Waals surface area contributed by atoms with Crippen molar-refractivity contribution >= 4 is 21.6 Å². The largest absolute Gasteiger partial charge is 0.383 e. The molecular formula is C16H27BrN2O. The zero-order valence-electron chi connectivity index (χ0n) is 12.9. The molecule has 0 fully saturated rings. The van der Waals surface area contributed by atoms with Crippen molar-refractivity contribution < 1.29 is 4.74 Å². The van der Waals surface area contributed by atoms with Crippen LogP contribution in [0.2, 0.25) is 0 Å². The van der Waals surface area contributed by atoms with Gasteiger partial charge in [-0.15, -0.1) is 0 Å². The van der Waals surface area contributed by atoms with E-state index < -0.39 is 0 Å². The van der Waals surface area contributed by atoms with Crippen LogP contribution in [-0.2, 0) is 11.2 Å². The number of ether oxygens (including phenoxy) is 1. The molecule has 0 amide bonds. The van der Waals surface area contributed by atoms with Crippen LogP contribution < -0.4 is 10.6 Å². The van der Waals surface area contributed by atoms with Gasteiger partial charge in [0.1, 0.15) is 0 Å². The lowest BCUT2D eigenvalue weighted by molar-refractivity contribution is 0.202. The van der Waals surface area contributed by atoms with E-state index in [1.54, 1.807) is 7.11 Å². The van der Waals surface area contributed by atoms with Gasteiger partial charge in [0.25, 0.3) is 0 Å². The third-order valence-corrected chi connectivity index (χ3v) is 4.31. The van der Waals surface area contributed by atoms with Gasteiger partial charge in [0.2, 0.25) is 0 Å². The number of hydrogen-bond donors (Lipinski definition) is 1. The van der Waals surface area contributed by atoms with Crippen molar-refractivity contribution in [3.8, 4) is 0 Å². The number of halogens is 1. The van der Waals surface area contributed by atoms with Crippen LogP contribution in [0, 0.1) is 0 Å². The van der Waals surface area contributed by atoms with Gasteiger partial charge >= 0.3 is 0 Å². The molecule has 0 heterocycles. The minimum Gasteiger partial charge on any atom is -0.383 e. The summed E-state index contributed by atoms with van der Waals surface area (Å²) < 4.78 is 6.41. The molecule has 4 heteroatoms. The van der Waals surface area contributed by atoms with E-state index in [0.717, 1.165) is 36.9 Å². The first-order valence-corrected chi connectivity index (χ1v) is 8.21. The molecule has 0 spiro atoms. The predicted octanol–water partition coefficient (Wildman–Crippen LogP) is 3.59. The average molecular weight is 343 g/mol. The van der Waals surface area contributed by atoms with E-state index in [1.165, 1.54) is 11.3 Å². The van der Waals surface area contributed by atoms with Crippen molar-refractivity contribution in [3.63, 3.8) is 0 Å². The first-order chi connectivity index (χ1) is 9.67. The van der Waals surface area contributed by atoms with E-state index in [0.29, 0.717) is 12.6 Å². The third-order valence-electron chi connectivity index (χ3n) is 3.67. The summed E-state index contributed by atoms with van der Waals surface area (Å²) in [6, 6.07) is 7.10. The SMILES string of the molecule is CCC(CC)N(CCOC)c1ccc(CCN)cc1Br. The van der Waals surface area contributed by atoms with Gasteiger partial charge in [-0.05, 0) is 59.4 Å². The predicted molar refractivity (Wildman–Crippen MR) is 90.5 cm³/mol. The molecule has 114 valence electrons. The highest BCUT2D eigenvalue weighted by Gasteiger charge is 2.17. The maximum Gasteiger partial charge on any atom is 0.0637 e. The molecule has 0 radical (unpaired) electrons. The van der Waals surface area contributed by atoms with Gasteiger partial charge in [0.05, 0.1) is 12.3 Å². The number of nitrogens with two attached hydrogens (primary N) is 1. The molecule has 0 aliphatic rings. The van der Waals surface area contributed by atoms with Crippen LogP contribution in [0.4, 0.5) is 5.69 Å². The smallest absolute Gasteiger partial charge is 0.0637 e. The van der Waals surface area contributed by atoms with E-state index in [4.69, 9.17) is 10.5 Å². The summed E-state index contributed by atoms with van der Waals surface area (Å²) in [6.45, 7) is 6.83. The lowest BCUT2D eigenvalue weighted by atomic mass is 10.1. The highest BCUT2D eigenvalue weighted by Crippen LogP contribution is 2.30. The monoisotopic (exact) mass is 342 g/mol. The standard InChI is InChI=1S/C16H27BrN2O/c1-4-14(5-2)19(10-11-20-3)16-7-6-13(8-9-18)12-15(16)17/h6-7,12,14H,4-5,8-11,18H2,1-3H3. The van der Waals surface area contributed by atoms with E-state index in [-0.39, 0.29) is 0 Å². The molecule has 0 saturated heterocycles. The van der Waals surface area contributed by atoms with Crippen LogP contribution in [0.15, 0.2) is 22.7 Å². The van der Waals surface area contributed by atoms with E-state index >= 15 is 0 Å². The van der Waals surface area contributed by atoms with Crippen LogP contribution in [0.3, 0.4) is 0 Å². The van der Waals surface area contributed by atoms with E-state index in [1.807, 2.05) is 0 Å². The van der Waals surface area contributed by atoms with Crippen LogP contribution in [0.1, 0.15) is 32.3 Å². The summed E-state index contributed by atoms with van der Waals surface area (Å²) in [6.07, 6.45) is 3.19. The van der Waals surface area contributed by atoms with Crippen molar-refractivity contribution in [2.45, 2.75) is 39.2 Å². The normalized spacial score (nSPS) is 11.1.